The van der Waals surface area contributed by atoms with Gasteiger partial charge in [-0.2, -0.15) is 0 Å². The monoisotopic (exact) mass is 303 g/mol. The summed E-state index contributed by atoms with van der Waals surface area (Å²) >= 11 is 0. The van der Waals surface area contributed by atoms with Crippen LogP contribution in [0.1, 0.15) is 0 Å². The first-order chi connectivity index (χ1) is 10.7. The largest absolute Gasteiger partial charge is 0.492 e. The molecule has 1 aliphatic heterocycles. The molecule has 114 valence electrons. The van der Waals surface area contributed by atoms with Gasteiger partial charge in [0.2, 0.25) is 6.79 Å². The zero-order valence-corrected chi connectivity index (χ0v) is 11.5. The summed E-state index contributed by atoms with van der Waals surface area (Å²) in [4.78, 5) is 14.0. The predicted molar refractivity (Wildman–Crippen MR) is 77.4 cm³/mol. The van der Waals surface area contributed by atoms with Gasteiger partial charge in [0.15, 0.2) is 11.5 Å². The van der Waals surface area contributed by atoms with Crippen molar-refractivity contribution in [3.8, 4) is 17.2 Å². The highest BCUT2D eigenvalue weighted by Crippen LogP contribution is 2.34. The molecule has 8 heteroatoms. The van der Waals surface area contributed by atoms with Crippen LogP contribution in [0.15, 0.2) is 36.5 Å². The highest BCUT2D eigenvalue weighted by molar-refractivity contribution is 5.47. The van der Waals surface area contributed by atoms with E-state index < -0.39 is 4.92 Å². The van der Waals surface area contributed by atoms with E-state index in [0.29, 0.717) is 36.2 Å². The third-order valence-electron chi connectivity index (χ3n) is 2.98. The minimum atomic E-state index is -0.487. The first-order valence-electron chi connectivity index (χ1n) is 6.59. The number of hydrogen-bond acceptors (Lipinski definition) is 7. The lowest BCUT2D eigenvalue weighted by molar-refractivity contribution is -0.385. The number of nitro groups is 1. The lowest BCUT2D eigenvalue weighted by atomic mass is 10.3. The van der Waals surface area contributed by atoms with Gasteiger partial charge >= 0.3 is 0 Å². The van der Waals surface area contributed by atoms with Crippen LogP contribution >= 0.6 is 0 Å². The second kappa shape index (κ2) is 6.17. The van der Waals surface area contributed by atoms with Crippen molar-refractivity contribution in [1.82, 2.24) is 4.98 Å². The summed E-state index contributed by atoms with van der Waals surface area (Å²) in [6.07, 6.45) is 1.21. The highest BCUT2D eigenvalue weighted by atomic mass is 16.7. The zero-order valence-electron chi connectivity index (χ0n) is 11.5. The summed E-state index contributed by atoms with van der Waals surface area (Å²) < 4.78 is 16.1. The number of ether oxygens (including phenoxy) is 3. The summed E-state index contributed by atoms with van der Waals surface area (Å²) in [5.41, 5.74) is -0.0397. The molecule has 0 fully saturated rings. The molecule has 1 N–H and O–H groups in total. The Hall–Kier alpha value is -3.03. The number of anilines is 1. The van der Waals surface area contributed by atoms with E-state index in [1.54, 1.807) is 24.3 Å². The van der Waals surface area contributed by atoms with Crippen LogP contribution in [0.25, 0.3) is 0 Å². The molecule has 1 aromatic heterocycles. The zero-order chi connectivity index (χ0) is 15.4. The van der Waals surface area contributed by atoms with E-state index in [-0.39, 0.29) is 12.5 Å². The predicted octanol–water partition coefficient (Wildman–Crippen LogP) is 2.21. The van der Waals surface area contributed by atoms with Crippen LogP contribution < -0.4 is 19.5 Å². The van der Waals surface area contributed by atoms with Crippen molar-refractivity contribution >= 4 is 11.5 Å². The average Bonchev–Trinajstić information content (AvgIpc) is 2.99. The maximum atomic E-state index is 10.5. The van der Waals surface area contributed by atoms with Gasteiger partial charge in [-0.25, -0.2) is 4.98 Å². The Bertz CT molecular complexity index is 675. The lowest BCUT2D eigenvalue weighted by Gasteiger charge is -2.08. The molecule has 0 radical (unpaired) electrons. The van der Waals surface area contributed by atoms with Gasteiger partial charge in [0.1, 0.15) is 24.4 Å². The number of benzene rings is 1. The Balaban J connectivity index is 1.46. The van der Waals surface area contributed by atoms with E-state index in [4.69, 9.17) is 14.2 Å². The molecule has 0 saturated carbocycles. The smallest absolute Gasteiger partial charge is 0.287 e. The molecule has 0 atom stereocenters. The SMILES string of the molecule is O=[N+]([O-])c1ccc(NCCOc2ccc3c(c2)OCO3)nc1. The molecule has 22 heavy (non-hydrogen) atoms. The number of rotatable bonds is 6. The molecule has 2 heterocycles. The fourth-order valence-corrected chi connectivity index (χ4v) is 1.91. The minimum Gasteiger partial charge on any atom is -0.492 e. The molecule has 0 aliphatic carbocycles. The van der Waals surface area contributed by atoms with E-state index in [1.165, 1.54) is 12.3 Å². The normalized spacial score (nSPS) is 12.0. The Kier molecular flexibility index (Phi) is 3.90. The molecular weight excluding hydrogens is 290 g/mol. The van der Waals surface area contributed by atoms with Crippen LogP contribution in [0.5, 0.6) is 17.2 Å². The fraction of sp³-hybridized carbons (Fsp3) is 0.214. The van der Waals surface area contributed by atoms with Crippen molar-refractivity contribution in [3.63, 3.8) is 0 Å². The van der Waals surface area contributed by atoms with Crippen LogP contribution in [0, 0.1) is 10.1 Å². The van der Waals surface area contributed by atoms with Crippen LogP contribution in [0.3, 0.4) is 0 Å². The summed E-state index contributed by atoms with van der Waals surface area (Å²) in [7, 11) is 0. The van der Waals surface area contributed by atoms with Gasteiger partial charge in [-0.1, -0.05) is 0 Å². The highest BCUT2D eigenvalue weighted by Gasteiger charge is 2.13. The average molecular weight is 303 g/mol. The van der Waals surface area contributed by atoms with Gasteiger partial charge < -0.3 is 19.5 Å². The van der Waals surface area contributed by atoms with Gasteiger partial charge in [-0.3, -0.25) is 10.1 Å². The topological polar surface area (TPSA) is 95.8 Å². The van der Waals surface area contributed by atoms with Gasteiger partial charge in [0.25, 0.3) is 5.69 Å². The van der Waals surface area contributed by atoms with Crippen LogP contribution in [0.4, 0.5) is 11.5 Å². The Morgan fingerprint density at radius 1 is 1.27 bits per heavy atom. The first-order valence-corrected chi connectivity index (χ1v) is 6.59. The molecular formula is C14H13N3O5. The van der Waals surface area contributed by atoms with Crippen LogP contribution in [-0.4, -0.2) is 29.9 Å². The van der Waals surface area contributed by atoms with E-state index in [2.05, 4.69) is 10.3 Å². The Morgan fingerprint density at radius 2 is 2.14 bits per heavy atom. The molecule has 0 saturated heterocycles. The Morgan fingerprint density at radius 3 is 2.91 bits per heavy atom. The number of aromatic nitrogens is 1. The maximum Gasteiger partial charge on any atom is 0.287 e. The van der Waals surface area contributed by atoms with Crippen molar-refractivity contribution in [2.75, 3.05) is 25.3 Å². The summed E-state index contributed by atoms with van der Waals surface area (Å²) in [5.74, 6) is 2.62. The van der Waals surface area contributed by atoms with E-state index >= 15 is 0 Å². The summed E-state index contributed by atoms with van der Waals surface area (Å²) in [5, 5.41) is 13.5. The molecule has 0 amide bonds. The summed E-state index contributed by atoms with van der Waals surface area (Å²) in [6, 6.07) is 8.32. The quantitative estimate of drug-likeness (QED) is 0.496. The summed E-state index contributed by atoms with van der Waals surface area (Å²) in [6.45, 7) is 1.16. The van der Waals surface area contributed by atoms with Crippen LogP contribution in [-0.2, 0) is 0 Å². The van der Waals surface area contributed by atoms with Gasteiger partial charge in [-0.15, -0.1) is 0 Å². The number of nitrogens with zero attached hydrogens (tertiary/aromatic N) is 2. The second-order valence-electron chi connectivity index (χ2n) is 4.45. The third kappa shape index (κ3) is 3.17. The number of fused-ring (bicyclic) bond motifs is 1. The van der Waals surface area contributed by atoms with Gasteiger partial charge in [0.05, 0.1) is 11.5 Å². The van der Waals surface area contributed by atoms with E-state index in [9.17, 15) is 10.1 Å². The molecule has 0 unspecified atom stereocenters. The van der Waals surface area contributed by atoms with Crippen LogP contribution in [0.2, 0.25) is 0 Å². The van der Waals surface area contributed by atoms with Crippen molar-refractivity contribution in [2.24, 2.45) is 0 Å². The van der Waals surface area contributed by atoms with E-state index in [0.717, 1.165) is 0 Å². The molecule has 3 rings (SSSR count). The van der Waals surface area contributed by atoms with Gasteiger partial charge in [-0.05, 0) is 18.2 Å². The standard InChI is InChI=1S/C14H13N3O5/c18-17(19)10-1-4-14(16-8-10)15-5-6-20-11-2-3-12-13(7-11)22-9-21-12/h1-4,7-8H,5-6,9H2,(H,15,16). The number of nitrogens with one attached hydrogen (secondary N) is 1. The third-order valence-corrected chi connectivity index (χ3v) is 2.98. The lowest BCUT2D eigenvalue weighted by Crippen LogP contribution is -2.12. The van der Waals surface area contributed by atoms with Crippen molar-refractivity contribution < 1.29 is 19.1 Å². The van der Waals surface area contributed by atoms with Crippen molar-refractivity contribution in [2.45, 2.75) is 0 Å². The number of hydrogen-bond donors (Lipinski definition) is 1. The van der Waals surface area contributed by atoms with E-state index in [1.807, 2.05) is 0 Å². The van der Waals surface area contributed by atoms with Crippen molar-refractivity contribution in [3.05, 3.63) is 46.6 Å². The maximum absolute atomic E-state index is 10.5. The molecule has 2 aromatic rings. The Labute approximate surface area is 125 Å². The first kappa shape index (κ1) is 13.9. The molecule has 1 aromatic carbocycles. The van der Waals surface area contributed by atoms with Gasteiger partial charge in [0, 0.05) is 12.1 Å². The fourth-order valence-electron chi connectivity index (χ4n) is 1.91. The molecule has 0 spiro atoms. The second-order valence-corrected chi connectivity index (χ2v) is 4.45. The molecule has 1 aliphatic rings. The molecule has 8 nitrogen and oxygen atoms in total. The van der Waals surface area contributed by atoms with Crippen molar-refractivity contribution in [1.29, 1.82) is 0 Å². The minimum absolute atomic E-state index is 0.0397. The molecule has 0 bridgehead atoms. The number of pyridine rings is 1.